The standard InChI is InChI=1S/C14H12O3S.Na.H/c15-18(16,17)14-9-5-4-8-13(14)11-10-12-6-2-1-3-7-12;;/h1-11H,(H,15,16,17);;. The average molecular weight is 284 g/mol. The van der Waals surface area contributed by atoms with Gasteiger partial charge in [-0.1, -0.05) is 60.7 Å². The minimum atomic E-state index is -4.19. The van der Waals surface area contributed by atoms with Gasteiger partial charge in [-0.05, 0) is 17.2 Å². The molecule has 0 amide bonds. The van der Waals surface area contributed by atoms with Crippen LogP contribution in [-0.2, 0) is 10.1 Å². The van der Waals surface area contributed by atoms with Crippen LogP contribution in [-0.4, -0.2) is 42.5 Å². The molecule has 0 aliphatic rings. The fourth-order valence-corrected chi connectivity index (χ4v) is 2.29. The van der Waals surface area contributed by atoms with Crippen molar-refractivity contribution in [2.45, 2.75) is 4.90 Å². The Kier molecular flexibility index (Phi) is 5.97. The molecule has 2 aromatic rings. The van der Waals surface area contributed by atoms with Crippen molar-refractivity contribution >= 4 is 51.8 Å². The molecule has 0 unspecified atom stereocenters. The Morgan fingerprint density at radius 3 is 2.05 bits per heavy atom. The van der Waals surface area contributed by atoms with Crippen LogP contribution >= 0.6 is 0 Å². The van der Waals surface area contributed by atoms with Gasteiger partial charge >= 0.3 is 29.6 Å². The van der Waals surface area contributed by atoms with Crippen molar-refractivity contribution in [3.63, 3.8) is 0 Å². The zero-order chi connectivity index (χ0) is 13.0. The number of rotatable bonds is 3. The molecular formula is C14H13NaO3S. The van der Waals surface area contributed by atoms with Crippen molar-refractivity contribution in [2.24, 2.45) is 0 Å². The predicted octanol–water partition coefficient (Wildman–Crippen LogP) is 2.46. The minimum absolute atomic E-state index is 0. The van der Waals surface area contributed by atoms with Gasteiger partial charge in [0.1, 0.15) is 4.90 Å². The molecule has 19 heavy (non-hydrogen) atoms. The summed E-state index contributed by atoms with van der Waals surface area (Å²) in [6.07, 6.45) is 3.46. The van der Waals surface area contributed by atoms with E-state index in [1.807, 2.05) is 30.3 Å². The zero-order valence-electron chi connectivity index (χ0n) is 9.52. The molecular weight excluding hydrogens is 271 g/mol. The van der Waals surface area contributed by atoms with E-state index in [2.05, 4.69) is 0 Å². The second-order valence-corrected chi connectivity index (χ2v) is 5.15. The Labute approximate surface area is 135 Å². The molecule has 0 radical (unpaired) electrons. The summed E-state index contributed by atoms with van der Waals surface area (Å²) in [6, 6.07) is 15.8. The van der Waals surface area contributed by atoms with E-state index < -0.39 is 10.1 Å². The third-order valence-corrected chi connectivity index (χ3v) is 3.38. The molecule has 1 N–H and O–H groups in total. The van der Waals surface area contributed by atoms with Gasteiger partial charge in [-0.15, -0.1) is 0 Å². The number of benzene rings is 2. The van der Waals surface area contributed by atoms with Crippen LogP contribution in [0.25, 0.3) is 12.2 Å². The number of hydrogen-bond acceptors (Lipinski definition) is 2. The van der Waals surface area contributed by atoms with Crippen LogP contribution in [0.3, 0.4) is 0 Å². The summed E-state index contributed by atoms with van der Waals surface area (Å²) in [4.78, 5) is -0.0859. The molecule has 3 nitrogen and oxygen atoms in total. The van der Waals surface area contributed by atoms with Crippen LogP contribution < -0.4 is 0 Å². The monoisotopic (exact) mass is 284 g/mol. The Balaban J connectivity index is 0.00000180. The summed E-state index contributed by atoms with van der Waals surface area (Å²) in [5, 5.41) is 0. The van der Waals surface area contributed by atoms with Gasteiger partial charge in [0.05, 0.1) is 0 Å². The van der Waals surface area contributed by atoms with Gasteiger partial charge in [0.2, 0.25) is 0 Å². The molecule has 0 heterocycles. The van der Waals surface area contributed by atoms with E-state index in [1.54, 1.807) is 30.4 Å². The number of hydrogen-bond donors (Lipinski definition) is 1. The van der Waals surface area contributed by atoms with E-state index in [9.17, 15) is 8.42 Å². The molecule has 0 atom stereocenters. The first-order valence-corrected chi connectivity index (χ1v) is 6.81. The summed E-state index contributed by atoms with van der Waals surface area (Å²) in [7, 11) is -4.19. The first-order valence-electron chi connectivity index (χ1n) is 5.37. The van der Waals surface area contributed by atoms with E-state index in [0.29, 0.717) is 5.56 Å². The summed E-state index contributed by atoms with van der Waals surface area (Å²) >= 11 is 0. The summed E-state index contributed by atoms with van der Waals surface area (Å²) in [5.74, 6) is 0. The van der Waals surface area contributed by atoms with Crippen LogP contribution in [0.1, 0.15) is 11.1 Å². The third kappa shape index (κ3) is 4.60. The van der Waals surface area contributed by atoms with E-state index in [0.717, 1.165) is 5.56 Å². The fraction of sp³-hybridized carbons (Fsp3) is 0. The summed E-state index contributed by atoms with van der Waals surface area (Å²) in [5.41, 5.74) is 1.42. The second-order valence-electron chi connectivity index (χ2n) is 3.76. The van der Waals surface area contributed by atoms with Crippen LogP contribution in [0.15, 0.2) is 59.5 Å². The van der Waals surface area contributed by atoms with Crippen LogP contribution in [0.5, 0.6) is 0 Å². The van der Waals surface area contributed by atoms with E-state index in [-0.39, 0.29) is 34.5 Å². The second kappa shape index (κ2) is 7.03. The Hall–Kier alpha value is -0.910. The molecule has 2 aromatic carbocycles. The molecule has 0 bridgehead atoms. The third-order valence-electron chi connectivity index (χ3n) is 2.45. The molecule has 5 heteroatoms. The van der Waals surface area contributed by atoms with Crippen molar-refractivity contribution in [2.75, 3.05) is 0 Å². The Morgan fingerprint density at radius 1 is 0.842 bits per heavy atom. The first kappa shape index (κ1) is 16.1. The topological polar surface area (TPSA) is 54.4 Å². The van der Waals surface area contributed by atoms with Crippen molar-refractivity contribution in [3.8, 4) is 0 Å². The van der Waals surface area contributed by atoms with Gasteiger partial charge in [0.25, 0.3) is 10.1 Å². The molecule has 0 saturated carbocycles. The summed E-state index contributed by atoms with van der Waals surface area (Å²) in [6.45, 7) is 0. The van der Waals surface area contributed by atoms with E-state index >= 15 is 0 Å². The van der Waals surface area contributed by atoms with Crippen LogP contribution in [0.2, 0.25) is 0 Å². The van der Waals surface area contributed by atoms with Crippen molar-refractivity contribution in [1.82, 2.24) is 0 Å². The van der Waals surface area contributed by atoms with Gasteiger partial charge in [-0.25, -0.2) is 0 Å². The zero-order valence-corrected chi connectivity index (χ0v) is 10.3. The normalized spacial score (nSPS) is 11.2. The first-order chi connectivity index (χ1) is 8.57. The van der Waals surface area contributed by atoms with E-state index in [1.165, 1.54) is 6.07 Å². The molecule has 0 saturated heterocycles. The molecule has 94 valence electrons. The maximum absolute atomic E-state index is 11.2. The SMILES string of the molecule is O=S(=O)(O)c1ccccc1C=Cc1ccccc1.[NaH]. The van der Waals surface area contributed by atoms with Crippen molar-refractivity contribution in [1.29, 1.82) is 0 Å². The van der Waals surface area contributed by atoms with Gasteiger partial charge in [0, 0.05) is 0 Å². The quantitative estimate of drug-likeness (QED) is 0.535. The maximum atomic E-state index is 11.2. The molecule has 0 fully saturated rings. The van der Waals surface area contributed by atoms with Crippen molar-refractivity contribution in [3.05, 3.63) is 65.7 Å². The molecule has 0 spiro atoms. The van der Waals surface area contributed by atoms with E-state index in [4.69, 9.17) is 4.55 Å². The fourth-order valence-electron chi connectivity index (χ4n) is 1.60. The van der Waals surface area contributed by atoms with Crippen LogP contribution in [0, 0.1) is 0 Å². The van der Waals surface area contributed by atoms with Crippen LogP contribution in [0.4, 0.5) is 0 Å². The van der Waals surface area contributed by atoms with Crippen molar-refractivity contribution < 1.29 is 13.0 Å². The molecule has 0 aliphatic heterocycles. The molecule has 0 aliphatic carbocycles. The van der Waals surface area contributed by atoms with Gasteiger partial charge in [0.15, 0.2) is 0 Å². The van der Waals surface area contributed by atoms with Gasteiger partial charge in [-0.2, -0.15) is 8.42 Å². The molecule has 2 rings (SSSR count). The Morgan fingerprint density at radius 2 is 1.42 bits per heavy atom. The summed E-state index contributed by atoms with van der Waals surface area (Å²) < 4.78 is 31.5. The Bertz CT molecular complexity index is 664. The van der Waals surface area contributed by atoms with Gasteiger partial charge in [-0.3, -0.25) is 4.55 Å². The predicted molar refractivity (Wildman–Crippen MR) is 78.8 cm³/mol. The van der Waals surface area contributed by atoms with Gasteiger partial charge < -0.3 is 0 Å². The average Bonchev–Trinajstić information content (AvgIpc) is 2.37. The molecule has 0 aromatic heterocycles.